The molecule has 3 aromatic rings. The van der Waals surface area contributed by atoms with Crippen LogP contribution < -0.4 is 5.30 Å². The first-order valence-electron chi connectivity index (χ1n) is 5.90. The Balaban J connectivity index is 1.76. The van der Waals surface area contributed by atoms with Crippen molar-refractivity contribution < 1.29 is 0 Å². The second-order valence-corrected chi connectivity index (χ2v) is 32.5. The standard InChI is InChI=1S/C12H12Cl2P6/c13-19(14)17(11-7-3-1-4-8-11)15-20-16-18(20)12-9-5-2-6-10-12/h1-10,15-16H. The van der Waals surface area contributed by atoms with Crippen LogP contribution in [-0.2, 0) is 0 Å². The van der Waals surface area contributed by atoms with Gasteiger partial charge in [0.1, 0.15) is 6.32 Å². The molecule has 0 saturated carbocycles. The minimum Gasteiger partial charge on any atom is -0.0810 e. The van der Waals surface area contributed by atoms with Crippen LogP contribution in [0.25, 0.3) is 5.30 Å². The number of benzene rings is 2. The largest absolute Gasteiger partial charge is 0.118 e. The molecule has 0 saturated heterocycles. The first kappa shape index (κ1) is 16.1. The van der Waals surface area contributed by atoms with E-state index in [2.05, 4.69) is 60.7 Å². The van der Waals surface area contributed by atoms with Crippen LogP contribution >= 0.6 is 65.1 Å². The Morgan fingerprint density at radius 2 is 1.50 bits per heavy atom. The number of halogens is 2. The molecule has 0 nitrogen and oxygen atoms in total. The van der Waals surface area contributed by atoms with Crippen LogP contribution in [0.5, 0.6) is 0 Å². The second kappa shape index (κ2) is 7.66. The normalized spacial score (nSPS) is 15.8. The minimum absolute atomic E-state index is 0.158. The molecule has 20 heavy (non-hydrogen) atoms. The molecule has 0 aliphatic carbocycles. The zero-order chi connectivity index (χ0) is 13.9. The van der Waals surface area contributed by atoms with Crippen molar-refractivity contribution in [3.05, 3.63) is 60.7 Å². The summed E-state index contributed by atoms with van der Waals surface area (Å²) in [4.78, 5) is 0. The Bertz CT molecular complexity index is 642. The van der Waals surface area contributed by atoms with E-state index < -0.39 is 6.32 Å². The van der Waals surface area contributed by atoms with Crippen LogP contribution in [0, 0.1) is 0 Å². The van der Waals surface area contributed by atoms with Gasteiger partial charge in [-0.05, 0) is 26.7 Å². The highest BCUT2D eigenvalue weighted by Gasteiger charge is 2.24. The lowest BCUT2D eigenvalue weighted by Crippen LogP contribution is -1.91. The van der Waals surface area contributed by atoms with Gasteiger partial charge < -0.3 is 0 Å². The third-order valence-electron chi connectivity index (χ3n) is 2.69. The Kier molecular flexibility index (Phi) is 6.16. The molecule has 0 spiro atoms. The molecular formula is C12H12Cl2P6. The van der Waals surface area contributed by atoms with Crippen molar-refractivity contribution in [2.24, 2.45) is 0 Å². The monoisotopic (exact) mass is 412 g/mol. The molecule has 8 heteroatoms. The van der Waals surface area contributed by atoms with Crippen molar-refractivity contribution in [1.29, 1.82) is 0 Å². The summed E-state index contributed by atoms with van der Waals surface area (Å²) < 4.78 is 0. The fourth-order valence-corrected chi connectivity index (χ4v) is 56.6. The van der Waals surface area contributed by atoms with Gasteiger partial charge in [-0.3, -0.25) is 0 Å². The quantitative estimate of drug-likeness (QED) is 0.368. The van der Waals surface area contributed by atoms with Gasteiger partial charge in [-0.2, -0.15) is 0 Å². The second-order valence-electron chi connectivity index (χ2n) is 4.02. The topological polar surface area (TPSA) is 0 Å². The number of rotatable bonds is 5. The van der Waals surface area contributed by atoms with Crippen molar-refractivity contribution in [2.75, 3.05) is 0 Å². The van der Waals surface area contributed by atoms with Gasteiger partial charge in [0.2, 0.25) is 0 Å². The fourth-order valence-electron chi connectivity index (χ4n) is 1.72. The summed E-state index contributed by atoms with van der Waals surface area (Å²) in [6.45, 7) is 0.368. The summed E-state index contributed by atoms with van der Waals surface area (Å²) in [6, 6.07) is 21.7. The van der Waals surface area contributed by atoms with Gasteiger partial charge in [-0.1, -0.05) is 90.7 Å². The lowest BCUT2D eigenvalue weighted by molar-refractivity contribution is 1.77. The van der Waals surface area contributed by atoms with E-state index >= 15 is 0 Å². The Morgan fingerprint density at radius 1 is 0.900 bits per heavy atom. The van der Waals surface area contributed by atoms with Crippen molar-refractivity contribution in [1.82, 2.24) is 0 Å². The van der Waals surface area contributed by atoms with E-state index in [1.165, 1.54) is 12.9 Å². The van der Waals surface area contributed by atoms with Gasteiger partial charge >= 0.3 is 0 Å². The Morgan fingerprint density at radius 3 is 2.10 bits per heavy atom. The zero-order valence-corrected chi connectivity index (χ0v) is 17.4. The van der Waals surface area contributed by atoms with Gasteiger partial charge in [-0.25, -0.2) is 0 Å². The summed E-state index contributed by atoms with van der Waals surface area (Å²) >= 11 is 12.7. The summed E-state index contributed by atoms with van der Waals surface area (Å²) in [7, 11) is 1.83. The van der Waals surface area contributed by atoms with Crippen LogP contribution in [0.1, 0.15) is 0 Å². The summed E-state index contributed by atoms with van der Waals surface area (Å²) in [5.41, 5.74) is 0. The number of hydrogen-bond donors (Lipinski definition) is 0. The molecule has 5 atom stereocenters. The van der Waals surface area contributed by atoms with Crippen LogP contribution in [0.15, 0.2) is 60.7 Å². The molecule has 3 rings (SSSR count). The molecule has 0 N–H and O–H groups in total. The molecule has 1 heterocycles. The smallest absolute Gasteiger partial charge is 0.0810 e. The third-order valence-corrected chi connectivity index (χ3v) is 42.2. The van der Waals surface area contributed by atoms with Crippen LogP contribution in [0.4, 0.5) is 0 Å². The first-order chi connectivity index (χ1) is 9.75. The van der Waals surface area contributed by atoms with Crippen LogP contribution in [0.3, 0.4) is 0 Å². The maximum absolute atomic E-state index is 6.33. The van der Waals surface area contributed by atoms with Gasteiger partial charge in [0.25, 0.3) is 0 Å². The molecule has 0 radical (unpaired) electrons. The van der Waals surface area contributed by atoms with Gasteiger partial charge in [0.05, 0.1) is 0 Å². The average Bonchev–Trinajstić information content (AvgIpc) is 3.26. The molecule has 0 aliphatic rings. The number of hydrogen-bond acceptors (Lipinski definition) is 0. The predicted octanol–water partition coefficient (Wildman–Crippen LogP) is 8.55. The van der Waals surface area contributed by atoms with Gasteiger partial charge in [-0.15, -0.1) is 0 Å². The zero-order valence-electron chi connectivity index (χ0n) is 10.3. The summed E-state index contributed by atoms with van der Waals surface area (Å²) in [6.07, 6.45) is -0.868. The van der Waals surface area contributed by atoms with E-state index in [1.807, 2.05) is 0 Å². The van der Waals surface area contributed by atoms with Gasteiger partial charge in [0, 0.05) is 12.6 Å². The van der Waals surface area contributed by atoms with Crippen molar-refractivity contribution in [3.63, 3.8) is 0 Å². The molecule has 5 unspecified atom stereocenters. The highest BCUT2D eigenvalue weighted by atomic mass is 35.9. The minimum atomic E-state index is -0.868. The molecule has 0 fully saturated rings. The van der Waals surface area contributed by atoms with E-state index in [1.54, 1.807) is 5.30 Å². The highest BCUT2D eigenvalue weighted by molar-refractivity contribution is 8.97. The summed E-state index contributed by atoms with van der Waals surface area (Å²) in [5, 5.41) is 2.97. The SMILES string of the molecule is ClP(Cl)P(Pp1[pH]p1-c1ccccc1)c1ccccc1. The predicted molar refractivity (Wildman–Crippen MR) is 108 cm³/mol. The van der Waals surface area contributed by atoms with Crippen molar-refractivity contribution in [2.45, 2.75) is 0 Å². The lowest BCUT2D eigenvalue weighted by Gasteiger charge is -2.16. The fraction of sp³-hybridized carbons (Fsp3) is 0. The third kappa shape index (κ3) is 4.14. The molecule has 0 bridgehead atoms. The molecule has 0 aliphatic heterocycles. The average molecular weight is 413 g/mol. The molecule has 104 valence electrons. The van der Waals surface area contributed by atoms with E-state index in [4.69, 9.17) is 22.5 Å². The van der Waals surface area contributed by atoms with E-state index in [0.29, 0.717) is 0 Å². The Labute approximate surface area is 136 Å². The summed E-state index contributed by atoms with van der Waals surface area (Å²) in [5.74, 6) is 0. The van der Waals surface area contributed by atoms with E-state index in [9.17, 15) is 0 Å². The maximum Gasteiger partial charge on any atom is 0.118 e. The Hall–Kier alpha value is 1.21. The lowest BCUT2D eigenvalue weighted by atomic mass is 10.4. The van der Waals surface area contributed by atoms with Gasteiger partial charge in [0.15, 0.2) is 0 Å². The maximum atomic E-state index is 6.33. The highest BCUT2D eigenvalue weighted by Crippen LogP contribution is 3.00. The molecule has 2 aromatic carbocycles. The van der Waals surface area contributed by atoms with Crippen LogP contribution in [-0.4, -0.2) is 0 Å². The van der Waals surface area contributed by atoms with Crippen molar-refractivity contribution in [3.8, 4) is 5.30 Å². The molecule has 0 amide bonds. The van der Waals surface area contributed by atoms with Crippen LogP contribution in [0.2, 0.25) is 0 Å². The first-order valence-corrected chi connectivity index (χ1v) is 19.9. The van der Waals surface area contributed by atoms with E-state index in [0.717, 1.165) is 7.96 Å². The van der Waals surface area contributed by atoms with Crippen molar-refractivity contribution >= 4 is 70.4 Å². The molecule has 1 aromatic heterocycles. The molecular weight excluding hydrogens is 401 g/mol. The van der Waals surface area contributed by atoms with E-state index in [-0.39, 0.29) is 20.8 Å².